The zero-order chi connectivity index (χ0) is 19.9. The Morgan fingerprint density at radius 2 is 2.14 bits per heavy atom. The lowest BCUT2D eigenvalue weighted by molar-refractivity contribution is -0.134. The van der Waals surface area contributed by atoms with E-state index in [1.165, 1.54) is 11.3 Å². The van der Waals surface area contributed by atoms with Gasteiger partial charge < -0.3 is 10.6 Å². The summed E-state index contributed by atoms with van der Waals surface area (Å²) in [6.07, 6.45) is 4.12. The first kappa shape index (κ1) is 18.9. The first-order valence-corrected chi connectivity index (χ1v) is 10.2. The summed E-state index contributed by atoms with van der Waals surface area (Å²) in [4.78, 5) is 43.2. The minimum absolute atomic E-state index is 0.156. The number of nitrogens with one attached hydrogen (secondary N) is 2. The molecule has 4 rings (SSSR count). The third-order valence-corrected chi connectivity index (χ3v) is 6.40. The van der Waals surface area contributed by atoms with Crippen LogP contribution >= 0.6 is 22.9 Å². The van der Waals surface area contributed by atoms with Crippen LogP contribution in [-0.4, -0.2) is 39.8 Å². The van der Waals surface area contributed by atoms with Gasteiger partial charge in [-0.25, -0.2) is 9.78 Å². The second kappa shape index (κ2) is 7.18. The van der Waals surface area contributed by atoms with Crippen LogP contribution in [0.15, 0.2) is 30.5 Å². The number of thiazole rings is 1. The van der Waals surface area contributed by atoms with E-state index in [1.54, 1.807) is 13.1 Å². The van der Waals surface area contributed by atoms with Gasteiger partial charge in [-0.3, -0.25) is 14.5 Å². The van der Waals surface area contributed by atoms with E-state index in [0.717, 1.165) is 28.2 Å². The van der Waals surface area contributed by atoms with Crippen LogP contribution in [0.3, 0.4) is 0 Å². The van der Waals surface area contributed by atoms with E-state index in [9.17, 15) is 14.4 Å². The lowest BCUT2D eigenvalue weighted by Crippen LogP contribution is -2.46. The fraction of sp³-hybridized carbons (Fsp3) is 0.368. The molecule has 1 unspecified atom stereocenters. The zero-order valence-electron chi connectivity index (χ0n) is 15.2. The number of benzene rings is 1. The fourth-order valence-electron chi connectivity index (χ4n) is 3.38. The molecule has 2 aliphatic rings. The smallest absolute Gasteiger partial charge is 0.323 e. The number of anilines is 1. The molecule has 2 N–H and O–H groups in total. The van der Waals surface area contributed by atoms with Crippen molar-refractivity contribution in [3.63, 3.8) is 0 Å². The van der Waals surface area contributed by atoms with Gasteiger partial charge in [-0.05, 0) is 37.3 Å². The molecule has 0 bridgehead atoms. The summed E-state index contributed by atoms with van der Waals surface area (Å²) >= 11 is 7.51. The molecule has 1 saturated carbocycles. The summed E-state index contributed by atoms with van der Waals surface area (Å²) < 4.78 is 0. The van der Waals surface area contributed by atoms with Crippen molar-refractivity contribution < 1.29 is 14.4 Å². The van der Waals surface area contributed by atoms with Crippen LogP contribution in [0.1, 0.15) is 30.2 Å². The maximum Gasteiger partial charge on any atom is 0.325 e. The topological polar surface area (TPSA) is 91.4 Å². The molecule has 146 valence electrons. The Kier molecular flexibility index (Phi) is 4.84. The van der Waals surface area contributed by atoms with E-state index in [4.69, 9.17) is 11.6 Å². The number of halogens is 1. The molecule has 1 atom stereocenters. The number of aromatic nitrogens is 1. The number of hydrogen-bond donors (Lipinski definition) is 2. The van der Waals surface area contributed by atoms with Crippen molar-refractivity contribution in [1.82, 2.24) is 15.2 Å². The van der Waals surface area contributed by atoms with Gasteiger partial charge in [0.25, 0.3) is 5.91 Å². The van der Waals surface area contributed by atoms with Gasteiger partial charge in [-0.15, -0.1) is 11.3 Å². The van der Waals surface area contributed by atoms with Crippen molar-refractivity contribution in [3.8, 4) is 0 Å². The van der Waals surface area contributed by atoms with Gasteiger partial charge in [-0.1, -0.05) is 29.8 Å². The highest BCUT2D eigenvalue weighted by Gasteiger charge is 2.56. The van der Waals surface area contributed by atoms with Crippen molar-refractivity contribution in [3.05, 3.63) is 45.9 Å². The van der Waals surface area contributed by atoms with Gasteiger partial charge in [0, 0.05) is 22.5 Å². The van der Waals surface area contributed by atoms with Crippen molar-refractivity contribution in [1.29, 1.82) is 0 Å². The van der Waals surface area contributed by atoms with Gasteiger partial charge in [-0.2, -0.15) is 0 Å². The molecule has 2 heterocycles. The van der Waals surface area contributed by atoms with Gasteiger partial charge in [0.15, 0.2) is 5.13 Å². The molecule has 7 nitrogen and oxygen atoms in total. The molecule has 9 heteroatoms. The predicted octanol–water partition coefficient (Wildman–Crippen LogP) is 3.05. The fourth-order valence-corrected chi connectivity index (χ4v) is 4.43. The van der Waals surface area contributed by atoms with Gasteiger partial charge in [0.1, 0.15) is 12.1 Å². The molecule has 0 radical (unpaired) electrons. The summed E-state index contributed by atoms with van der Waals surface area (Å²) in [7, 11) is 0. The predicted molar refractivity (Wildman–Crippen MR) is 106 cm³/mol. The molecule has 28 heavy (non-hydrogen) atoms. The summed E-state index contributed by atoms with van der Waals surface area (Å²) in [5, 5.41) is 6.49. The van der Waals surface area contributed by atoms with Crippen LogP contribution in [0, 0.1) is 5.92 Å². The second-order valence-corrected chi connectivity index (χ2v) is 8.77. The number of rotatable bonds is 6. The van der Waals surface area contributed by atoms with Gasteiger partial charge in [0.05, 0.1) is 0 Å². The van der Waals surface area contributed by atoms with Crippen LogP contribution < -0.4 is 10.6 Å². The highest BCUT2D eigenvalue weighted by molar-refractivity contribution is 7.15. The normalized spacial score (nSPS) is 21.7. The second-order valence-electron chi connectivity index (χ2n) is 7.25. The van der Waals surface area contributed by atoms with Crippen molar-refractivity contribution in [2.75, 3.05) is 11.9 Å². The Hall–Kier alpha value is -2.45. The molecular weight excluding hydrogens is 400 g/mol. The summed E-state index contributed by atoms with van der Waals surface area (Å²) in [6, 6.07) is 7.03. The zero-order valence-corrected chi connectivity index (χ0v) is 16.8. The van der Waals surface area contributed by atoms with Crippen LogP contribution in [-0.2, 0) is 16.0 Å². The van der Waals surface area contributed by atoms with E-state index in [2.05, 4.69) is 15.6 Å². The summed E-state index contributed by atoms with van der Waals surface area (Å²) in [6.45, 7) is 1.40. The molecule has 4 amide bonds. The maximum atomic E-state index is 12.6. The number of amides is 4. The Bertz CT molecular complexity index is 958. The van der Waals surface area contributed by atoms with E-state index in [-0.39, 0.29) is 18.4 Å². The lowest BCUT2D eigenvalue weighted by Gasteiger charge is -2.20. The van der Waals surface area contributed by atoms with Crippen molar-refractivity contribution in [2.24, 2.45) is 5.92 Å². The molecule has 2 fully saturated rings. The third-order valence-electron chi connectivity index (χ3n) is 5.12. The van der Waals surface area contributed by atoms with Crippen LogP contribution in [0.5, 0.6) is 0 Å². The molecule has 2 aromatic rings. The molecule has 1 aromatic heterocycles. The number of hydrogen-bond acceptors (Lipinski definition) is 5. The Balaban J connectivity index is 1.37. The maximum absolute atomic E-state index is 12.6. The standard InChI is InChI=1S/C19H19ClN4O3S/c1-19(12-6-7-12)16(26)24(18(27)23-19)10-15(25)22-17-21-9-13(28-17)8-11-4-2-3-5-14(11)20/h2-5,9,12H,6-8,10H2,1H3,(H,23,27)(H,21,22,25). The van der Waals surface area contributed by atoms with Crippen LogP contribution in [0.2, 0.25) is 5.02 Å². The third kappa shape index (κ3) is 3.62. The van der Waals surface area contributed by atoms with E-state index in [1.807, 2.05) is 24.3 Å². The minimum Gasteiger partial charge on any atom is -0.323 e. The highest BCUT2D eigenvalue weighted by atomic mass is 35.5. The first-order valence-electron chi connectivity index (χ1n) is 8.99. The number of carbonyl (C=O) groups is 3. The Labute approximate surface area is 171 Å². The van der Waals surface area contributed by atoms with Crippen LogP contribution in [0.4, 0.5) is 9.93 Å². The highest BCUT2D eigenvalue weighted by Crippen LogP contribution is 2.42. The Morgan fingerprint density at radius 3 is 2.86 bits per heavy atom. The SMILES string of the molecule is CC1(C2CC2)NC(=O)N(CC(=O)Nc2ncc(Cc3ccccc3Cl)s2)C1=O. The molecule has 1 aromatic carbocycles. The van der Waals surface area contributed by atoms with E-state index >= 15 is 0 Å². The van der Waals surface area contributed by atoms with Crippen molar-refractivity contribution in [2.45, 2.75) is 31.7 Å². The quantitative estimate of drug-likeness (QED) is 0.705. The minimum atomic E-state index is -0.888. The average molecular weight is 419 g/mol. The molecule has 0 spiro atoms. The van der Waals surface area contributed by atoms with Crippen molar-refractivity contribution >= 4 is 45.9 Å². The summed E-state index contributed by atoms with van der Waals surface area (Å²) in [5.74, 6) is -0.640. The average Bonchev–Trinajstić information content (AvgIpc) is 3.39. The first-order chi connectivity index (χ1) is 13.4. The van der Waals surface area contributed by atoms with Crippen LogP contribution in [0.25, 0.3) is 0 Å². The van der Waals surface area contributed by atoms with Gasteiger partial charge in [0.2, 0.25) is 5.91 Å². The molecular formula is C19H19ClN4O3S. The monoisotopic (exact) mass is 418 g/mol. The molecule has 1 aliphatic carbocycles. The number of nitrogens with zero attached hydrogens (tertiary/aromatic N) is 2. The van der Waals surface area contributed by atoms with Gasteiger partial charge >= 0.3 is 6.03 Å². The van der Waals surface area contributed by atoms with E-state index < -0.39 is 17.5 Å². The summed E-state index contributed by atoms with van der Waals surface area (Å²) in [5.41, 5.74) is 0.0881. The lowest BCUT2D eigenvalue weighted by atomic mass is 9.96. The number of imide groups is 1. The molecule has 1 aliphatic heterocycles. The van der Waals surface area contributed by atoms with E-state index in [0.29, 0.717) is 16.6 Å². The number of carbonyl (C=O) groups excluding carboxylic acids is 3. The Morgan fingerprint density at radius 1 is 1.39 bits per heavy atom. The largest absolute Gasteiger partial charge is 0.325 e. The number of urea groups is 1. The molecule has 1 saturated heterocycles.